The second-order valence-electron chi connectivity index (χ2n) is 3.88. The fraction of sp³-hybridized carbons (Fsp3) is 0.143. The molecule has 0 N–H and O–H groups in total. The molecule has 0 saturated carbocycles. The molecular weight excluding hydrogens is 234 g/mol. The van der Waals surface area contributed by atoms with Crippen molar-refractivity contribution in [3.05, 3.63) is 64.4 Å². The van der Waals surface area contributed by atoms with E-state index in [2.05, 4.69) is 4.98 Å². The minimum absolute atomic E-state index is 0.0330. The van der Waals surface area contributed by atoms with Gasteiger partial charge >= 0.3 is 0 Å². The number of hydrogen-bond acceptors (Lipinski definition) is 2. The summed E-state index contributed by atoms with van der Waals surface area (Å²) in [7, 11) is 0. The molecule has 0 radical (unpaired) electrons. The van der Waals surface area contributed by atoms with Crippen LogP contribution in [0.1, 0.15) is 21.6 Å². The van der Waals surface area contributed by atoms with E-state index in [1.165, 1.54) is 0 Å². The monoisotopic (exact) mass is 245 g/mol. The van der Waals surface area contributed by atoms with Gasteiger partial charge in [-0.25, -0.2) is 0 Å². The average molecular weight is 246 g/mol. The van der Waals surface area contributed by atoms with E-state index in [-0.39, 0.29) is 5.78 Å². The van der Waals surface area contributed by atoms with Crippen molar-refractivity contribution in [2.45, 2.75) is 13.3 Å². The van der Waals surface area contributed by atoms with Crippen molar-refractivity contribution in [2.24, 2.45) is 0 Å². The largest absolute Gasteiger partial charge is 0.294 e. The summed E-state index contributed by atoms with van der Waals surface area (Å²) in [6.07, 6.45) is 1.92. The Labute approximate surface area is 105 Å². The van der Waals surface area contributed by atoms with Crippen molar-refractivity contribution in [3.8, 4) is 0 Å². The molecule has 2 aromatic rings. The van der Waals surface area contributed by atoms with Gasteiger partial charge in [0.2, 0.25) is 0 Å². The summed E-state index contributed by atoms with van der Waals surface area (Å²) in [5.41, 5.74) is 2.37. The molecule has 0 aliphatic heterocycles. The van der Waals surface area contributed by atoms with E-state index >= 15 is 0 Å². The van der Waals surface area contributed by atoms with Crippen molar-refractivity contribution in [2.75, 3.05) is 0 Å². The van der Waals surface area contributed by atoms with Crippen LogP contribution in [0.15, 0.2) is 42.6 Å². The minimum atomic E-state index is 0.0330. The summed E-state index contributed by atoms with van der Waals surface area (Å²) in [6.45, 7) is 1.89. The summed E-state index contributed by atoms with van der Waals surface area (Å²) in [5, 5.41) is 0.626. The molecular formula is C14H12ClNO. The van der Waals surface area contributed by atoms with Crippen molar-refractivity contribution in [3.63, 3.8) is 0 Å². The Hall–Kier alpha value is -1.67. The summed E-state index contributed by atoms with van der Waals surface area (Å²) >= 11 is 6.01. The molecule has 0 amide bonds. The van der Waals surface area contributed by atoms with E-state index in [4.69, 9.17) is 11.6 Å². The predicted octanol–water partition coefficient (Wildman–Crippen LogP) is 3.47. The van der Waals surface area contributed by atoms with Gasteiger partial charge in [-0.1, -0.05) is 29.8 Å². The lowest BCUT2D eigenvalue weighted by atomic mass is 10.0. The van der Waals surface area contributed by atoms with Crippen LogP contribution in [0.25, 0.3) is 0 Å². The molecule has 0 unspecified atom stereocenters. The number of carbonyl (C=O) groups is 1. The zero-order valence-corrected chi connectivity index (χ0v) is 10.2. The van der Waals surface area contributed by atoms with Crippen molar-refractivity contribution in [1.29, 1.82) is 0 Å². The Balaban J connectivity index is 2.17. The normalized spacial score (nSPS) is 10.2. The van der Waals surface area contributed by atoms with Gasteiger partial charge in [-0.2, -0.15) is 0 Å². The van der Waals surface area contributed by atoms with E-state index in [0.717, 1.165) is 11.3 Å². The number of ketones is 1. The number of aryl methyl sites for hydroxylation is 1. The Bertz CT molecular complexity index is 534. The van der Waals surface area contributed by atoms with Crippen molar-refractivity contribution in [1.82, 2.24) is 4.98 Å². The number of benzene rings is 1. The fourth-order valence-corrected chi connectivity index (χ4v) is 1.75. The number of rotatable bonds is 3. The molecule has 1 aromatic heterocycles. The fourth-order valence-electron chi connectivity index (χ4n) is 1.55. The zero-order valence-electron chi connectivity index (χ0n) is 9.48. The second-order valence-corrected chi connectivity index (χ2v) is 4.29. The van der Waals surface area contributed by atoms with Gasteiger partial charge in [0.05, 0.1) is 0 Å². The van der Waals surface area contributed by atoms with Gasteiger partial charge in [-0.15, -0.1) is 0 Å². The van der Waals surface area contributed by atoms with Crippen molar-refractivity contribution < 1.29 is 4.79 Å². The second kappa shape index (κ2) is 5.11. The first-order valence-corrected chi connectivity index (χ1v) is 5.74. The molecule has 1 aromatic carbocycles. The van der Waals surface area contributed by atoms with Crippen molar-refractivity contribution >= 4 is 17.4 Å². The SMILES string of the molecule is Cc1ccc(C(=O)Cc2ccccc2Cl)cn1. The summed E-state index contributed by atoms with van der Waals surface area (Å²) in [5.74, 6) is 0.0330. The molecule has 0 spiro atoms. The molecule has 0 bridgehead atoms. The lowest BCUT2D eigenvalue weighted by Gasteiger charge is -2.03. The molecule has 2 rings (SSSR count). The number of carbonyl (C=O) groups excluding carboxylic acids is 1. The number of Topliss-reactive ketones (excluding diaryl/α,β-unsaturated/α-hetero) is 1. The van der Waals surface area contributed by atoms with Gasteiger partial charge < -0.3 is 0 Å². The van der Waals surface area contributed by atoms with Crippen LogP contribution in [-0.4, -0.2) is 10.8 Å². The maximum atomic E-state index is 12.0. The third-order valence-corrected chi connectivity index (χ3v) is 2.91. The molecule has 0 aliphatic carbocycles. The van der Waals surface area contributed by atoms with Crippen LogP contribution in [0.5, 0.6) is 0 Å². The molecule has 17 heavy (non-hydrogen) atoms. The van der Waals surface area contributed by atoms with Crippen LogP contribution >= 0.6 is 11.6 Å². The first-order chi connectivity index (χ1) is 8.16. The Morgan fingerprint density at radius 1 is 1.24 bits per heavy atom. The first-order valence-electron chi connectivity index (χ1n) is 5.36. The van der Waals surface area contributed by atoms with E-state index in [1.807, 2.05) is 31.2 Å². The van der Waals surface area contributed by atoms with Gasteiger partial charge in [0.1, 0.15) is 0 Å². The van der Waals surface area contributed by atoms with E-state index in [0.29, 0.717) is 17.0 Å². The van der Waals surface area contributed by atoms with E-state index in [1.54, 1.807) is 18.3 Å². The summed E-state index contributed by atoms with van der Waals surface area (Å²) in [6, 6.07) is 11.0. The lowest BCUT2D eigenvalue weighted by molar-refractivity contribution is 0.0992. The molecule has 3 heteroatoms. The Kier molecular flexibility index (Phi) is 3.55. The van der Waals surface area contributed by atoms with Gasteiger partial charge in [0, 0.05) is 28.9 Å². The average Bonchev–Trinajstić information content (AvgIpc) is 2.33. The first kappa shape index (κ1) is 11.8. The van der Waals surface area contributed by atoms with Crippen LogP contribution in [-0.2, 0) is 6.42 Å². The number of hydrogen-bond donors (Lipinski definition) is 0. The maximum absolute atomic E-state index is 12.0. The van der Waals surface area contributed by atoms with Crippen LogP contribution in [0.2, 0.25) is 5.02 Å². The molecule has 2 nitrogen and oxygen atoms in total. The highest BCUT2D eigenvalue weighted by Gasteiger charge is 2.09. The van der Waals surface area contributed by atoms with Gasteiger partial charge in [-0.05, 0) is 30.7 Å². The Morgan fingerprint density at radius 3 is 2.65 bits per heavy atom. The van der Waals surface area contributed by atoms with Crippen LogP contribution in [0, 0.1) is 6.92 Å². The van der Waals surface area contributed by atoms with Crippen LogP contribution in [0.3, 0.4) is 0 Å². The Morgan fingerprint density at radius 2 is 2.00 bits per heavy atom. The van der Waals surface area contributed by atoms with Gasteiger partial charge in [-0.3, -0.25) is 9.78 Å². The third kappa shape index (κ3) is 2.92. The predicted molar refractivity (Wildman–Crippen MR) is 68.5 cm³/mol. The number of halogens is 1. The standard InChI is InChI=1S/C14H12ClNO/c1-10-6-7-12(9-16-10)14(17)8-11-4-2-3-5-13(11)15/h2-7,9H,8H2,1H3. The molecule has 0 saturated heterocycles. The molecule has 0 fully saturated rings. The quantitative estimate of drug-likeness (QED) is 0.775. The zero-order chi connectivity index (χ0) is 12.3. The smallest absolute Gasteiger partial charge is 0.168 e. The van der Waals surface area contributed by atoms with E-state index in [9.17, 15) is 4.79 Å². The highest BCUT2D eigenvalue weighted by molar-refractivity contribution is 6.31. The maximum Gasteiger partial charge on any atom is 0.168 e. The molecule has 1 heterocycles. The number of aromatic nitrogens is 1. The summed E-state index contributed by atoms with van der Waals surface area (Å²) in [4.78, 5) is 16.1. The topological polar surface area (TPSA) is 30.0 Å². The van der Waals surface area contributed by atoms with Gasteiger partial charge in [0.25, 0.3) is 0 Å². The third-order valence-electron chi connectivity index (χ3n) is 2.54. The molecule has 86 valence electrons. The number of nitrogens with zero attached hydrogens (tertiary/aromatic N) is 1. The van der Waals surface area contributed by atoms with Crippen LogP contribution in [0.4, 0.5) is 0 Å². The lowest BCUT2D eigenvalue weighted by Crippen LogP contribution is -2.04. The minimum Gasteiger partial charge on any atom is -0.294 e. The number of pyridine rings is 1. The molecule has 0 aliphatic rings. The highest BCUT2D eigenvalue weighted by Crippen LogP contribution is 2.17. The van der Waals surface area contributed by atoms with E-state index < -0.39 is 0 Å². The van der Waals surface area contributed by atoms with Gasteiger partial charge in [0.15, 0.2) is 5.78 Å². The van der Waals surface area contributed by atoms with Crippen LogP contribution < -0.4 is 0 Å². The summed E-state index contributed by atoms with van der Waals surface area (Å²) < 4.78 is 0. The molecule has 0 atom stereocenters. The highest BCUT2D eigenvalue weighted by atomic mass is 35.5.